The van der Waals surface area contributed by atoms with E-state index in [0.29, 0.717) is 12.5 Å². The van der Waals surface area contributed by atoms with Crippen molar-refractivity contribution in [3.63, 3.8) is 0 Å². The average molecular weight is 329 g/mol. The van der Waals surface area contributed by atoms with Gasteiger partial charge in [0, 0.05) is 4.88 Å². The van der Waals surface area contributed by atoms with Crippen LogP contribution < -0.4 is 5.56 Å². The first kappa shape index (κ1) is 14.6. The smallest absolute Gasteiger partial charge is 0.262 e. The zero-order valence-corrected chi connectivity index (χ0v) is 14.1. The molecule has 2 atom stereocenters. The lowest BCUT2D eigenvalue weighted by molar-refractivity contribution is 0.425. The lowest BCUT2D eigenvalue weighted by Gasteiger charge is -2.18. The molecule has 0 bridgehead atoms. The maximum absolute atomic E-state index is 13.0. The molecule has 0 aliphatic heterocycles. The molecule has 1 aliphatic rings. The van der Waals surface area contributed by atoms with E-state index in [2.05, 4.69) is 22.0 Å². The largest absolute Gasteiger partial charge is 0.294 e. The number of fused-ring (bicyclic) bond motifs is 3. The van der Waals surface area contributed by atoms with Crippen LogP contribution in [0, 0.1) is 5.92 Å². The van der Waals surface area contributed by atoms with Crippen LogP contribution in [0.25, 0.3) is 10.2 Å². The van der Waals surface area contributed by atoms with Gasteiger partial charge in [-0.05, 0) is 37.7 Å². The quantitative estimate of drug-likeness (QED) is 0.740. The Hall–Kier alpha value is -2.02. The second kappa shape index (κ2) is 5.56. The van der Waals surface area contributed by atoms with Gasteiger partial charge in [-0.1, -0.05) is 6.92 Å². The number of nitrogens with zero attached hydrogens (tertiary/aromatic N) is 5. The number of hydrogen-bond donors (Lipinski definition) is 0. The lowest BCUT2D eigenvalue weighted by Crippen LogP contribution is -2.27. The topological polar surface area (TPSA) is 65.6 Å². The van der Waals surface area contributed by atoms with Crippen LogP contribution in [0.4, 0.5) is 0 Å². The Kier molecular flexibility index (Phi) is 3.52. The first-order valence-electron chi connectivity index (χ1n) is 7.97. The fourth-order valence-electron chi connectivity index (χ4n) is 3.34. The second-order valence-electron chi connectivity index (χ2n) is 6.46. The molecule has 0 amide bonds. The van der Waals surface area contributed by atoms with E-state index in [1.165, 1.54) is 16.8 Å². The van der Waals surface area contributed by atoms with E-state index in [-0.39, 0.29) is 11.6 Å². The minimum Gasteiger partial charge on any atom is -0.294 e. The minimum atomic E-state index is -0.0147. The summed E-state index contributed by atoms with van der Waals surface area (Å²) in [7, 11) is 0. The van der Waals surface area contributed by atoms with Gasteiger partial charge in [0.1, 0.15) is 17.5 Å². The summed E-state index contributed by atoms with van der Waals surface area (Å²) in [6, 6.07) is -0.0147. The number of aromatic nitrogens is 5. The summed E-state index contributed by atoms with van der Waals surface area (Å²) in [6.45, 7) is 4.90. The molecular weight excluding hydrogens is 310 g/mol. The molecule has 0 spiro atoms. The fourth-order valence-corrected chi connectivity index (χ4v) is 4.68. The number of aryl methyl sites for hydroxylation is 1. The standard InChI is InChI=1S/C16H19N5OS/c1-10-3-4-12-13(5-10)23-15-14(12)16(22)21(9-18-15)11(2)6-20-8-17-7-19-20/h7-11H,3-6H2,1-2H3/t10-,11+/m1/s1. The van der Waals surface area contributed by atoms with Gasteiger partial charge in [-0.3, -0.25) is 14.0 Å². The first-order chi connectivity index (χ1) is 11.1. The molecule has 0 N–H and O–H groups in total. The molecule has 0 fully saturated rings. The molecule has 0 saturated carbocycles. The van der Waals surface area contributed by atoms with Gasteiger partial charge in [-0.25, -0.2) is 9.97 Å². The summed E-state index contributed by atoms with van der Waals surface area (Å²) in [6.07, 6.45) is 8.08. The summed E-state index contributed by atoms with van der Waals surface area (Å²) in [5.41, 5.74) is 1.32. The zero-order valence-electron chi connectivity index (χ0n) is 13.3. The summed E-state index contributed by atoms with van der Waals surface area (Å²) >= 11 is 1.69. The van der Waals surface area contributed by atoms with Crippen molar-refractivity contribution in [3.8, 4) is 0 Å². The van der Waals surface area contributed by atoms with Crippen LogP contribution in [0.3, 0.4) is 0 Å². The lowest BCUT2D eigenvalue weighted by atomic mass is 9.89. The number of rotatable bonds is 3. The Balaban J connectivity index is 1.77. The third kappa shape index (κ3) is 2.49. The van der Waals surface area contributed by atoms with Crippen molar-refractivity contribution in [2.24, 2.45) is 5.92 Å². The van der Waals surface area contributed by atoms with Crippen molar-refractivity contribution in [1.82, 2.24) is 24.3 Å². The molecule has 23 heavy (non-hydrogen) atoms. The Morgan fingerprint density at radius 3 is 3.09 bits per heavy atom. The normalized spacial score (nSPS) is 19.0. The van der Waals surface area contributed by atoms with E-state index < -0.39 is 0 Å². The van der Waals surface area contributed by atoms with Crippen LogP contribution in [0.1, 0.15) is 36.8 Å². The molecule has 3 heterocycles. The monoisotopic (exact) mass is 329 g/mol. The number of hydrogen-bond acceptors (Lipinski definition) is 5. The minimum absolute atomic E-state index is 0.0147. The molecular formula is C16H19N5OS. The predicted molar refractivity (Wildman–Crippen MR) is 89.8 cm³/mol. The van der Waals surface area contributed by atoms with Crippen molar-refractivity contribution in [2.75, 3.05) is 0 Å². The van der Waals surface area contributed by atoms with Crippen molar-refractivity contribution in [1.29, 1.82) is 0 Å². The summed E-state index contributed by atoms with van der Waals surface area (Å²) < 4.78 is 3.47. The molecule has 0 radical (unpaired) electrons. The molecule has 0 aromatic carbocycles. The van der Waals surface area contributed by atoms with Crippen molar-refractivity contribution in [3.05, 3.63) is 39.8 Å². The average Bonchev–Trinajstić information content (AvgIpc) is 3.14. The van der Waals surface area contributed by atoms with E-state index in [9.17, 15) is 4.79 Å². The molecule has 7 heteroatoms. The second-order valence-corrected chi connectivity index (χ2v) is 7.54. The van der Waals surface area contributed by atoms with Gasteiger partial charge in [0.15, 0.2) is 0 Å². The maximum atomic E-state index is 13.0. The first-order valence-corrected chi connectivity index (χ1v) is 8.79. The van der Waals surface area contributed by atoms with Gasteiger partial charge in [-0.2, -0.15) is 5.10 Å². The van der Waals surface area contributed by atoms with Gasteiger partial charge < -0.3 is 0 Å². The van der Waals surface area contributed by atoms with Gasteiger partial charge in [-0.15, -0.1) is 11.3 Å². The fraction of sp³-hybridized carbons (Fsp3) is 0.500. The highest BCUT2D eigenvalue weighted by Gasteiger charge is 2.23. The van der Waals surface area contributed by atoms with Gasteiger partial charge in [0.25, 0.3) is 5.56 Å². The molecule has 0 saturated heterocycles. The maximum Gasteiger partial charge on any atom is 0.262 e. The molecule has 3 aromatic heterocycles. The van der Waals surface area contributed by atoms with Crippen molar-refractivity contribution in [2.45, 2.75) is 45.7 Å². The highest BCUT2D eigenvalue weighted by Crippen LogP contribution is 2.35. The van der Waals surface area contributed by atoms with Crippen molar-refractivity contribution >= 4 is 21.6 Å². The summed E-state index contributed by atoms with van der Waals surface area (Å²) in [5.74, 6) is 0.698. The highest BCUT2D eigenvalue weighted by molar-refractivity contribution is 7.18. The van der Waals surface area contributed by atoms with E-state index >= 15 is 0 Å². The predicted octanol–water partition coefficient (Wildman–Crippen LogP) is 2.44. The van der Waals surface area contributed by atoms with Crippen LogP contribution >= 0.6 is 11.3 Å². The Labute approximate surface area is 137 Å². The van der Waals surface area contributed by atoms with E-state index in [0.717, 1.165) is 29.5 Å². The van der Waals surface area contributed by atoms with E-state index in [1.54, 1.807) is 33.2 Å². The highest BCUT2D eigenvalue weighted by atomic mass is 32.1. The Bertz CT molecular complexity index is 895. The molecule has 3 aromatic rings. The molecule has 6 nitrogen and oxygen atoms in total. The zero-order chi connectivity index (χ0) is 16.0. The SMILES string of the molecule is C[C@@H]1CCc2c(sc3ncn([C@@H](C)Cn4cncn4)c(=O)c23)C1. The van der Waals surface area contributed by atoms with Gasteiger partial charge in [0.05, 0.1) is 24.3 Å². The van der Waals surface area contributed by atoms with Crippen LogP contribution in [0.15, 0.2) is 23.8 Å². The Morgan fingerprint density at radius 1 is 1.43 bits per heavy atom. The summed E-state index contributed by atoms with van der Waals surface area (Å²) in [5, 5.41) is 4.95. The van der Waals surface area contributed by atoms with Crippen molar-refractivity contribution < 1.29 is 0 Å². The van der Waals surface area contributed by atoms with Crippen LogP contribution in [0.5, 0.6) is 0 Å². The van der Waals surface area contributed by atoms with Crippen LogP contribution in [-0.2, 0) is 19.4 Å². The Morgan fingerprint density at radius 2 is 2.30 bits per heavy atom. The third-order valence-corrected chi connectivity index (χ3v) is 5.80. The molecule has 4 rings (SSSR count). The van der Waals surface area contributed by atoms with Crippen LogP contribution in [0.2, 0.25) is 0 Å². The van der Waals surface area contributed by atoms with Crippen LogP contribution in [-0.4, -0.2) is 24.3 Å². The van der Waals surface area contributed by atoms with Gasteiger partial charge >= 0.3 is 0 Å². The molecule has 120 valence electrons. The van der Waals surface area contributed by atoms with Gasteiger partial charge in [0.2, 0.25) is 0 Å². The number of thiophene rings is 1. The van der Waals surface area contributed by atoms with E-state index in [1.807, 2.05) is 6.92 Å². The molecule has 1 aliphatic carbocycles. The van der Waals surface area contributed by atoms with E-state index in [4.69, 9.17) is 0 Å². The molecule has 0 unspecified atom stereocenters. The summed E-state index contributed by atoms with van der Waals surface area (Å²) in [4.78, 5) is 23.7. The third-order valence-electron chi connectivity index (χ3n) is 4.63.